The van der Waals surface area contributed by atoms with E-state index in [1.165, 1.54) is 54.4 Å². The average Bonchev–Trinajstić information content (AvgIpc) is 3.08. The number of aliphatic hydroxyl groups is 2. The first-order valence-corrected chi connectivity index (χ1v) is 16.2. The summed E-state index contributed by atoms with van der Waals surface area (Å²) < 4.78 is 16.0. The zero-order chi connectivity index (χ0) is 33.1. The van der Waals surface area contributed by atoms with Crippen molar-refractivity contribution >= 4 is 11.9 Å². The number of hydrogen-bond donors (Lipinski definition) is 2. The van der Waals surface area contributed by atoms with E-state index in [0.717, 1.165) is 37.7 Å². The van der Waals surface area contributed by atoms with E-state index < -0.39 is 25.2 Å². The molecule has 46 heavy (non-hydrogen) atoms. The minimum Gasteiger partial charge on any atom is -0.490 e. The van der Waals surface area contributed by atoms with Gasteiger partial charge in [0.05, 0.1) is 24.4 Å². The van der Waals surface area contributed by atoms with E-state index in [2.05, 4.69) is 50.4 Å². The van der Waals surface area contributed by atoms with E-state index in [1.54, 1.807) is 12.1 Å². The van der Waals surface area contributed by atoms with Gasteiger partial charge in [0, 0.05) is 0 Å². The second kappa shape index (κ2) is 20.0. The Bertz CT molecular complexity index is 1410. The summed E-state index contributed by atoms with van der Waals surface area (Å²) in [6.45, 7) is 8.62. The van der Waals surface area contributed by atoms with Crippen molar-refractivity contribution in [3.05, 3.63) is 108 Å². The quantitative estimate of drug-likeness (QED) is 0.0550. The molecule has 7 nitrogen and oxygen atoms in total. The van der Waals surface area contributed by atoms with E-state index >= 15 is 0 Å². The zero-order valence-corrected chi connectivity index (χ0v) is 27.1. The Morgan fingerprint density at radius 2 is 1.24 bits per heavy atom. The average molecular weight is 629 g/mol. The van der Waals surface area contributed by atoms with E-state index in [4.69, 9.17) is 24.4 Å². The van der Waals surface area contributed by atoms with Gasteiger partial charge in [-0.15, -0.1) is 0 Å². The van der Waals surface area contributed by atoms with Crippen molar-refractivity contribution in [2.24, 2.45) is 0 Å². The van der Waals surface area contributed by atoms with Crippen LogP contribution in [0.2, 0.25) is 0 Å². The maximum Gasteiger partial charge on any atom is 0.341 e. The number of carbonyl (C=O) groups excluding carboxylic acids is 2. The van der Waals surface area contributed by atoms with Gasteiger partial charge in [-0.05, 0) is 90.6 Å². The lowest BCUT2D eigenvalue weighted by atomic mass is 9.92. The van der Waals surface area contributed by atoms with Crippen molar-refractivity contribution < 1.29 is 34.0 Å². The first-order chi connectivity index (χ1) is 22.3. The highest BCUT2D eigenvalue weighted by molar-refractivity contribution is 5.89. The summed E-state index contributed by atoms with van der Waals surface area (Å²) in [5.41, 5.74) is 6.33. The summed E-state index contributed by atoms with van der Waals surface area (Å²) in [7, 11) is 0. The fourth-order valence-corrected chi connectivity index (χ4v) is 5.03. The fourth-order valence-electron chi connectivity index (χ4n) is 5.03. The minimum atomic E-state index is -0.619. The Labute approximate surface area is 273 Å². The standard InChI is InChI=1S/C39H48O7/c1-4-5-6-7-8-13-34-26-32(12-10-9-11-31-14-19-36(20-15-31)46-39(43)30(3)28-41)16-23-37(34)33-17-21-35(22-18-33)44-24-25-45-38(42)29(2)27-40/h14-23,26,40-41H,2-13,24-25,27-28H2,1H3. The molecule has 0 bridgehead atoms. The van der Waals surface area contributed by atoms with Crippen molar-refractivity contribution in [1.29, 1.82) is 0 Å². The Kier molecular flexibility index (Phi) is 15.8. The van der Waals surface area contributed by atoms with Crippen LogP contribution in [0.5, 0.6) is 11.5 Å². The van der Waals surface area contributed by atoms with Gasteiger partial charge in [-0.1, -0.05) is 88.2 Å². The molecule has 0 unspecified atom stereocenters. The minimum absolute atomic E-state index is 0.0215. The van der Waals surface area contributed by atoms with Gasteiger partial charge in [-0.2, -0.15) is 0 Å². The molecule has 0 saturated heterocycles. The molecule has 0 radical (unpaired) electrons. The Balaban J connectivity index is 1.56. The summed E-state index contributed by atoms with van der Waals surface area (Å²) in [6.07, 6.45) is 11.3. The highest BCUT2D eigenvalue weighted by Gasteiger charge is 2.11. The molecule has 0 aliphatic heterocycles. The predicted molar refractivity (Wildman–Crippen MR) is 182 cm³/mol. The van der Waals surface area contributed by atoms with Gasteiger partial charge in [-0.25, -0.2) is 9.59 Å². The number of hydrogen-bond acceptors (Lipinski definition) is 7. The molecular formula is C39H48O7. The van der Waals surface area contributed by atoms with Crippen molar-refractivity contribution in [1.82, 2.24) is 0 Å². The topological polar surface area (TPSA) is 102 Å². The number of aliphatic hydroxyl groups excluding tert-OH is 2. The fraction of sp³-hybridized carbons (Fsp3) is 0.385. The van der Waals surface area contributed by atoms with E-state index in [9.17, 15) is 9.59 Å². The van der Waals surface area contributed by atoms with Gasteiger partial charge in [0.15, 0.2) is 0 Å². The molecule has 0 saturated carbocycles. The van der Waals surface area contributed by atoms with Crippen LogP contribution in [0.4, 0.5) is 0 Å². The Morgan fingerprint density at radius 1 is 0.652 bits per heavy atom. The molecule has 0 aliphatic rings. The Hall–Kier alpha value is -4.20. The van der Waals surface area contributed by atoms with Crippen LogP contribution in [0.3, 0.4) is 0 Å². The highest BCUT2D eigenvalue weighted by Crippen LogP contribution is 2.29. The number of aryl methyl sites for hydroxylation is 3. The molecule has 246 valence electrons. The van der Waals surface area contributed by atoms with Crippen molar-refractivity contribution in [2.45, 2.75) is 71.1 Å². The molecule has 3 rings (SSSR count). The molecule has 0 spiro atoms. The largest absolute Gasteiger partial charge is 0.490 e. The van der Waals surface area contributed by atoms with Crippen LogP contribution in [-0.4, -0.2) is 48.6 Å². The van der Waals surface area contributed by atoms with Crippen LogP contribution in [0, 0.1) is 0 Å². The van der Waals surface area contributed by atoms with Crippen LogP contribution in [0.15, 0.2) is 91.0 Å². The lowest BCUT2D eigenvalue weighted by Crippen LogP contribution is -2.14. The van der Waals surface area contributed by atoms with Gasteiger partial charge in [0.25, 0.3) is 0 Å². The lowest BCUT2D eigenvalue weighted by molar-refractivity contribution is -0.140. The molecule has 3 aromatic carbocycles. The van der Waals surface area contributed by atoms with E-state index in [1.807, 2.05) is 24.3 Å². The monoisotopic (exact) mass is 628 g/mol. The van der Waals surface area contributed by atoms with Crippen LogP contribution >= 0.6 is 0 Å². The number of unbranched alkanes of at least 4 members (excludes halogenated alkanes) is 5. The third-order valence-electron chi connectivity index (χ3n) is 7.74. The van der Waals surface area contributed by atoms with Crippen molar-refractivity contribution in [3.8, 4) is 22.6 Å². The molecule has 2 N–H and O–H groups in total. The first-order valence-electron chi connectivity index (χ1n) is 16.2. The first kappa shape index (κ1) is 36.3. The normalized spacial score (nSPS) is 10.8. The van der Waals surface area contributed by atoms with Gasteiger partial charge in [0.1, 0.15) is 24.7 Å². The molecule has 0 heterocycles. The molecule has 3 aromatic rings. The van der Waals surface area contributed by atoms with Crippen LogP contribution in [-0.2, 0) is 33.6 Å². The van der Waals surface area contributed by atoms with Crippen molar-refractivity contribution in [3.63, 3.8) is 0 Å². The second-order valence-corrected chi connectivity index (χ2v) is 11.4. The third kappa shape index (κ3) is 12.3. The van der Waals surface area contributed by atoms with E-state index in [-0.39, 0.29) is 24.4 Å². The number of rotatable bonds is 21. The van der Waals surface area contributed by atoms with Crippen LogP contribution in [0.25, 0.3) is 11.1 Å². The summed E-state index contributed by atoms with van der Waals surface area (Å²) in [5.74, 6) is -0.0995. The summed E-state index contributed by atoms with van der Waals surface area (Å²) in [6, 6.07) is 22.3. The predicted octanol–water partition coefficient (Wildman–Crippen LogP) is 7.36. The van der Waals surface area contributed by atoms with Crippen LogP contribution in [0.1, 0.15) is 68.6 Å². The summed E-state index contributed by atoms with van der Waals surface area (Å²) >= 11 is 0. The number of ether oxygens (including phenoxy) is 3. The Morgan fingerprint density at radius 3 is 1.91 bits per heavy atom. The van der Waals surface area contributed by atoms with Crippen LogP contribution < -0.4 is 9.47 Å². The van der Waals surface area contributed by atoms with Crippen molar-refractivity contribution in [2.75, 3.05) is 26.4 Å². The zero-order valence-electron chi connectivity index (χ0n) is 27.1. The van der Waals surface area contributed by atoms with E-state index in [0.29, 0.717) is 11.5 Å². The molecule has 0 atom stereocenters. The third-order valence-corrected chi connectivity index (χ3v) is 7.74. The lowest BCUT2D eigenvalue weighted by Gasteiger charge is -2.14. The molecule has 0 aliphatic carbocycles. The van der Waals surface area contributed by atoms with Gasteiger partial charge < -0.3 is 24.4 Å². The van der Waals surface area contributed by atoms with Gasteiger partial charge >= 0.3 is 11.9 Å². The summed E-state index contributed by atoms with van der Waals surface area (Å²) in [4.78, 5) is 23.4. The number of carbonyl (C=O) groups is 2. The van der Waals surface area contributed by atoms with Gasteiger partial charge in [0.2, 0.25) is 0 Å². The highest BCUT2D eigenvalue weighted by atomic mass is 16.6. The maximum atomic E-state index is 11.8. The number of benzene rings is 3. The SMILES string of the molecule is C=C(CO)C(=O)OCCOc1ccc(-c2ccc(CCCCc3ccc(OC(=O)C(=C)CO)cc3)cc2CCCCCCC)cc1. The maximum absolute atomic E-state index is 11.8. The summed E-state index contributed by atoms with van der Waals surface area (Å²) in [5, 5.41) is 18.0. The molecule has 0 amide bonds. The smallest absolute Gasteiger partial charge is 0.341 e. The number of esters is 2. The molecular weight excluding hydrogens is 580 g/mol. The molecule has 0 aromatic heterocycles. The second-order valence-electron chi connectivity index (χ2n) is 11.4. The van der Waals surface area contributed by atoms with Gasteiger partial charge in [-0.3, -0.25) is 0 Å². The molecule has 0 fully saturated rings. The molecule has 7 heteroatoms.